The van der Waals surface area contributed by atoms with Crippen molar-refractivity contribution in [2.75, 3.05) is 19.8 Å². The predicted molar refractivity (Wildman–Crippen MR) is 114 cm³/mol. The van der Waals surface area contributed by atoms with E-state index in [9.17, 15) is 14.7 Å². The fourth-order valence-corrected chi connectivity index (χ4v) is 2.97. The van der Waals surface area contributed by atoms with Crippen LogP contribution in [0.3, 0.4) is 0 Å². The summed E-state index contributed by atoms with van der Waals surface area (Å²) in [6.45, 7) is 3.90. The molecule has 0 bridgehead atoms. The van der Waals surface area contributed by atoms with Gasteiger partial charge in [-0.3, -0.25) is 9.59 Å². The number of ether oxygens (including phenoxy) is 2. The fraction of sp³-hybridized carbons (Fsp3) is 0.391. The van der Waals surface area contributed by atoms with Gasteiger partial charge in [-0.15, -0.1) is 0 Å². The van der Waals surface area contributed by atoms with E-state index < -0.39 is 18.0 Å². The standard InChI is InChI=1S/C23H30N2O5/c1-16(8-9-18-6-4-3-5-7-18)25-15-21(27)19-10-11-22(20(14-19)23(24)28)30-13-12-29-17(2)26/h3-7,10-11,14,16,21,25,27H,8-9,12-13,15H2,1-2H3,(H2,24,28). The number of rotatable bonds is 12. The number of amides is 1. The Kier molecular flexibility index (Phi) is 9.31. The monoisotopic (exact) mass is 414 g/mol. The molecule has 4 N–H and O–H groups in total. The molecular weight excluding hydrogens is 384 g/mol. The second kappa shape index (κ2) is 11.9. The quantitative estimate of drug-likeness (QED) is 0.363. The number of aryl methyl sites for hydroxylation is 1. The number of nitrogens with one attached hydrogen (secondary N) is 1. The number of aliphatic hydroxyl groups is 1. The molecular formula is C23H30N2O5. The van der Waals surface area contributed by atoms with Crippen LogP contribution in [0, 0.1) is 0 Å². The zero-order chi connectivity index (χ0) is 21.9. The summed E-state index contributed by atoms with van der Waals surface area (Å²) in [6, 6.07) is 15.3. The van der Waals surface area contributed by atoms with Crippen molar-refractivity contribution >= 4 is 11.9 Å². The third-order valence-corrected chi connectivity index (χ3v) is 4.67. The van der Waals surface area contributed by atoms with Gasteiger partial charge in [0.15, 0.2) is 0 Å². The lowest BCUT2D eigenvalue weighted by Gasteiger charge is -2.18. The third-order valence-electron chi connectivity index (χ3n) is 4.67. The summed E-state index contributed by atoms with van der Waals surface area (Å²) < 4.78 is 10.3. The van der Waals surface area contributed by atoms with Crippen molar-refractivity contribution in [1.29, 1.82) is 0 Å². The highest BCUT2D eigenvalue weighted by atomic mass is 16.6. The Morgan fingerprint density at radius 2 is 1.87 bits per heavy atom. The zero-order valence-electron chi connectivity index (χ0n) is 17.5. The van der Waals surface area contributed by atoms with Crippen LogP contribution in [-0.4, -0.2) is 42.8 Å². The van der Waals surface area contributed by atoms with E-state index in [2.05, 4.69) is 24.4 Å². The van der Waals surface area contributed by atoms with E-state index in [1.807, 2.05) is 18.2 Å². The Hall–Kier alpha value is -2.90. The molecule has 162 valence electrons. The van der Waals surface area contributed by atoms with Crippen molar-refractivity contribution in [3.8, 4) is 5.75 Å². The summed E-state index contributed by atoms with van der Waals surface area (Å²) in [5.41, 5.74) is 7.47. The highest BCUT2D eigenvalue weighted by Gasteiger charge is 2.16. The van der Waals surface area contributed by atoms with Crippen LogP contribution in [0.4, 0.5) is 0 Å². The van der Waals surface area contributed by atoms with Gasteiger partial charge in [-0.2, -0.15) is 0 Å². The minimum atomic E-state index is -0.794. The molecule has 30 heavy (non-hydrogen) atoms. The second-order valence-corrected chi connectivity index (χ2v) is 7.16. The molecule has 0 radical (unpaired) electrons. The SMILES string of the molecule is CC(=O)OCCOc1ccc(C(O)CNC(C)CCc2ccccc2)cc1C(N)=O. The van der Waals surface area contributed by atoms with Crippen LogP contribution in [0.2, 0.25) is 0 Å². The molecule has 0 saturated heterocycles. The second-order valence-electron chi connectivity index (χ2n) is 7.16. The number of hydrogen-bond acceptors (Lipinski definition) is 6. The minimum Gasteiger partial charge on any atom is -0.489 e. The normalized spacial score (nSPS) is 12.8. The summed E-state index contributed by atoms with van der Waals surface area (Å²) >= 11 is 0. The van der Waals surface area contributed by atoms with E-state index in [1.54, 1.807) is 12.1 Å². The first kappa shape index (κ1) is 23.4. The molecule has 2 rings (SSSR count). The number of benzene rings is 2. The first-order chi connectivity index (χ1) is 14.4. The molecule has 0 fully saturated rings. The number of nitrogens with two attached hydrogens (primary N) is 1. The van der Waals surface area contributed by atoms with E-state index in [4.69, 9.17) is 15.2 Å². The number of aliphatic hydroxyl groups excluding tert-OH is 1. The van der Waals surface area contributed by atoms with Crippen LogP contribution in [0.5, 0.6) is 5.75 Å². The smallest absolute Gasteiger partial charge is 0.302 e. The van der Waals surface area contributed by atoms with Crippen LogP contribution in [-0.2, 0) is 16.0 Å². The van der Waals surface area contributed by atoms with Crippen LogP contribution in [0.25, 0.3) is 0 Å². The lowest BCUT2D eigenvalue weighted by Crippen LogP contribution is -2.31. The molecule has 2 atom stereocenters. The maximum absolute atomic E-state index is 11.8. The largest absolute Gasteiger partial charge is 0.489 e. The van der Waals surface area contributed by atoms with Gasteiger partial charge in [0, 0.05) is 19.5 Å². The summed E-state index contributed by atoms with van der Waals surface area (Å²) in [5.74, 6) is -0.775. The molecule has 7 heteroatoms. The highest BCUT2D eigenvalue weighted by Crippen LogP contribution is 2.23. The summed E-state index contributed by atoms with van der Waals surface area (Å²) in [5, 5.41) is 13.8. The van der Waals surface area contributed by atoms with E-state index in [0.29, 0.717) is 12.1 Å². The van der Waals surface area contributed by atoms with Gasteiger partial charge in [0.25, 0.3) is 5.91 Å². The van der Waals surface area contributed by atoms with Gasteiger partial charge >= 0.3 is 5.97 Å². The third kappa shape index (κ3) is 7.85. The molecule has 2 aromatic carbocycles. The summed E-state index contributed by atoms with van der Waals surface area (Å²) in [7, 11) is 0. The molecule has 0 aromatic heterocycles. The van der Waals surface area contributed by atoms with Crippen LogP contribution < -0.4 is 15.8 Å². The molecule has 0 spiro atoms. The molecule has 0 heterocycles. The molecule has 2 unspecified atom stereocenters. The average Bonchev–Trinajstić information content (AvgIpc) is 2.74. The molecule has 1 amide bonds. The zero-order valence-corrected chi connectivity index (χ0v) is 17.5. The lowest BCUT2D eigenvalue weighted by molar-refractivity contribution is -0.141. The van der Waals surface area contributed by atoms with E-state index >= 15 is 0 Å². The average molecular weight is 415 g/mol. The Morgan fingerprint density at radius 3 is 2.53 bits per heavy atom. The van der Waals surface area contributed by atoms with Crippen molar-refractivity contribution in [3.63, 3.8) is 0 Å². The number of hydrogen-bond donors (Lipinski definition) is 3. The fourth-order valence-electron chi connectivity index (χ4n) is 2.97. The Labute approximate surface area is 177 Å². The van der Waals surface area contributed by atoms with Crippen LogP contribution in [0.1, 0.15) is 47.9 Å². The van der Waals surface area contributed by atoms with Crippen molar-refractivity contribution in [1.82, 2.24) is 5.32 Å². The van der Waals surface area contributed by atoms with E-state index in [-0.39, 0.29) is 30.6 Å². The lowest BCUT2D eigenvalue weighted by atomic mass is 10.0. The minimum absolute atomic E-state index is 0.0721. The van der Waals surface area contributed by atoms with Crippen molar-refractivity contribution < 1.29 is 24.2 Å². The number of primary amides is 1. The van der Waals surface area contributed by atoms with Gasteiger partial charge in [-0.25, -0.2) is 0 Å². The topological polar surface area (TPSA) is 111 Å². The first-order valence-corrected chi connectivity index (χ1v) is 10.0. The number of carbonyl (C=O) groups is 2. The van der Waals surface area contributed by atoms with Gasteiger partial charge in [0.05, 0.1) is 11.7 Å². The maximum atomic E-state index is 11.8. The molecule has 0 saturated carbocycles. The van der Waals surface area contributed by atoms with Crippen LogP contribution >= 0.6 is 0 Å². The molecule has 0 aliphatic rings. The maximum Gasteiger partial charge on any atom is 0.302 e. The molecule has 0 aliphatic carbocycles. The summed E-state index contributed by atoms with van der Waals surface area (Å²) in [4.78, 5) is 22.6. The predicted octanol–water partition coefficient (Wildman–Crippen LogP) is 2.37. The Morgan fingerprint density at radius 1 is 1.13 bits per heavy atom. The Bertz CT molecular complexity index is 826. The molecule has 2 aromatic rings. The van der Waals surface area contributed by atoms with Gasteiger partial charge in [-0.05, 0) is 43.0 Å². The first-order valence-electron chi connectivity index (χ1n) is 10.0. The molecule has 7 nitrogen and oxygen atoms in total. The summed E-state index contributed by atoms with van der Waals surface area (Å²) in [6.07, 6.45) is 1.10. The van der Waals surface area contributed by atoms with Gasteiger partial charge < -0.3 is 25.6 Å². The van der Waals surface area contributed by atoms with Gasteiger partial charge in [0.2, 0.25) is 0 Å². The van der Waals surface area contributed by atoms with Crippen molar-refractivity contribution in [2.45, 2.75) is 38.8 Å². The number of carbonyl (C=O) groups excluding carboxylic acids is 2. The van der Waals surface area contributed by atoms with Gasteiger partial charge in [0.1, 0.15) is 19.0 Å². The van der Waals surface area contributed by atoms with Crippen molar-refractivity contribution in [3.05, 3.63) is 65.2 Å². The van der Waals surface area contributed by atoms with Crippen molar-refractivity contribution in [2.24, 2.45) is 5.73 Å². The Balaban J connectivity index is 1.88. The van der Waals surface area contributed by atoms with Gasteiger partial charge in [-0.1, -0.05) is 36.4 Å². The number of esters is 1. The van der Waals surface area contributed by atoms with E-state index in [1.165, 1.54) is 18.6 Å². The van der Waals surface area contributed by atoms with E-state index in [0.717, 1.165) is 12.8 Å². The molecule has 0 aliphatic heterocycles. The van der Waals surface area contributed by atoms with Crippen LogP contribution in [0.15, 0.2) is 48.5 Å². The highest BCUT2D eigenvalue weighted by molar-refractivity contribution is 5.95.